The molecular weight excluding hydrogens is 450 g/mol. The zero-order chi connectivity index (χ0) is 25.1. The molecule has 0 aliphatic carbocycles. The Balaban J connectivity index is 1.26. The molecule has 36 heavy (non-hydrogen) atoms. The first kappa shape index (κ1) is 23.7. The van der Waals surface area contributed by atoms with E-state index in [9.17, 15) is 4.79 Å². The molecule has 0 spiro atoms. The number of imidazole rings is 1. The lowest BCUT2D eigenvalue weighted by atomic mass is 10.1. The van der Waals surface area contributed by atoms with Crippen LogP contribution in [0.1, 0.15) is 38.4 Å². The second-order valence-corrected chi connectivity index (χ2v) is 9.29. The van der Waals surface area contributed by atoms with Gasteiger partial charge in [0.15, 0.2) is 0 Å². The summed E-state index contributed by atoms with van der Waals surface area (Å²) in [5.41, 5.74) is 6.74. The number of anilines is 1. The quantitative estimate of drug-likeness (QED) is 0.453. The van der Waals surface area contributed by atoms with E-state index in [4.69, 9.17) is 0 Å². The lowest BCUT2D eigenvalue weighted by Crippen LogP contribution is -2.43. The molecule has 1 aliphatic heterocycles. The molecule has 0 radical (unpaired) electrons. The van der Waals surface area contributed by atoms with Gasteiger partial charge < -0.3 is 10.2 Å². The number of hydrogen-bond donors (Lipinski definition) is 1. The van der Waals surface area contributed by atoms with Crippen LogP contribution < -0.4 is 5.32 Å². The number of carbonyl (C=O) groups excluding carboxylic acids is 1. The average Bonchev–Trinajstić information content (AvgIpc) is 3.27. The van der Waals surface area contributed by atoms with Crippen molar-refractivity contribution in [2.24, 2.45) is 0 Å². The van der Waals surface area contributed by atoms with E-state index in [-0.39, 0.29) is 5.91 Å². The highest BCUT2D eigenvalue weighted by atomic mass is 16.1. The Morgan fingerprint density at radius 3 is 2.64 bits per heavy atom. The van der Waals surface area contributed by atoms with Crippen LogP contribution in [-0.2, 0) is 6.54 Å². The van der Waals surface area contributed by atoms with Crippen molar-refractivity contribution in [1.82, 2.24) is 29.2 Å². The van der Waals surface area contributed by atoms with Crippen molar-refractivity contribution < 1.29 is 4.79 Å². The Morgan fingerprint density at radius 2 is 1.83 bits per heavy atom. The highest BCUT2D eigenvalue weighted by Gasteiger charge is 2.15. The zero-order valence-electron chi connectivity index (χ0n) is 20.8. The summed E-state index contributed by atoms with van der Waals surface area (Å²) in [4.78, 5) is 30.6. The number of fused-ring (bicyclic) bond motifs is 1. The van der Waals surface area contributed by atoms with E-state index in [0.29, 0.717) is 11.1 Å². The molecule has 1 aliphatic rings. The van der Waals surface area contributed by atoms with E-state index in [2.05, 4.69) is 61.9 Å². The molecule has 1 aromatic carbocycles. The number of pyridine rings is 1. The summed E-state index contributed by atoms with van der Waals surface area (Å²) >= 11 is 0. The van der Waals surface area contributed by atoms with Gasteiger partial charge in [0, 0.05) is 68.1 Å². The number of piperazine rings is 1. The zero-order valence-corrected chi connectivity index (χ0v) is 20.8. The monoisotopic (exact) mass is 479 g/mol. The van der Waals surface area contributed by atoms with Gasteiger partial charge >= 0.3 is 0 Å². The molecule has 0 unspecified atom stereocenters. The number of amides is 1. The number of nitrogens with zero attached hydrogens (tertiary/aromatic N) is 6. The molecule has 182 valence electrons. The van der Waals surface area contributed by atoms with Gasteiger partial charge in [-0.05, 0) is 56.1 Å². The van der Waals surface area contributed by atoms with Crippen LogP contribution >= 0.6 is 0 Å². The van der Waals surface area contributed by atoms with Crippen molar-refractivity contribution >= 4 is 17.2 Å². The number of aryl methyl sites for hydroxylation is 2. The number of rotatable bonds is 4. The molecule has 1 amide bonds. The van der Waals surface area contributed by atoms with Crippen molar-refractivity contribution in [1.29, 1.82) is 0 Å². The first-order valence-electron chi connectivity index (χ1n) is 12.0. The van der Waals surface area contributed by atoms with E-state index >= 15 is 0 Å². The minimum atomic E-state index is -0.216. The van der Waals surface area contributed by atoms with Crippen molar-refractivity contribution in [3.63, 3.8) is 0 Å². The second kappa shape index (κ2) is 10.3. The minimum Gasteiger partial charge on any atom is -0.322 e. The summed E-state index contributed by atoms with van der Waals surface area (Å²) in [5, 5.41) is 2.99. The molecule has 0 atom stereocenters. The SMILES string of the molecule is Cc1cc2ncc(C#Cc3cncc(C(=O)Nc4ccc(CN5CCN(C)CC5)c(C)c4)c3)n2cn1. The molecule has 5 rings (SSSR count). The highest BCUT2D eigenvalue weighted by molar-refractivity contribution is 6.04. The van der Waals surface area contributed by atoms with E-state index in [0.717, 1.165) is 55.4 Å². The number of hydrogen-bond acceptors (Lipinski definition) is 6. The molecule has 8 heteroatoms. The lowest BCUT2D eigenvalue weighted by molar-refractivity contribution is 0.102. The van der Waals surface area contributed by atoms with E-state index in [1.807, 2.05) is 29.5 Å². The predicted octanol–water partition coefficient (Wildman–Crippen LogP) is 3.14. The second-order valence-electron chi connectivity index (χ2n) is 9.29. The third-order valence-corrected chi connectivity index (χ3v) is 6.47. The van der Waals surface area contributed by atoms with Gasteiger partial charge in [0.2, 0.25) is 0 Å². The van der Waals surface area contributed by atoms with Gasteiger partial charge in [0.25, 0.3) is 5.91 Å². The maximum atomic E-state index is 12.9. The number of benzene rings is 1. The van der Waals surface area contributed by atoms with Crippen LogP contribution in [0.15, 0.2) is 55.2 Å². The van der Waals surface area contributed by atoms with Crippen molar-refractivity contribution in [2.45, 2.75) is 20.4 Å². The molecule has 0 bridgehead atoms. The molecule has 4 heterocycles. The van der Waals surface area contributed by atoms with Gasteiger partial charge in [-0.3, -0.25) is 19.1 Å². The van der Waals surface area contributed by atoms with Gasteiger partial charge in [-0.2, -0.15) is 0 Å². The highest BCUT2D eigenvalue weighted by Crippen LogP contribution is 2.19. The standard InChI is InChI=1S/C28H29N7O/c1-20-12-25(6-5-23(20)18-34-10-8-33(3)9-11-34)32-28(36)24-14-22(15-29-16-24)4-7-26-17-30-27-13-21(2)31-19-35(26)27/h5-6,12-17,19H,8-11,18H2,1-3H3,(H,32,36). The summed E-state index contributed by atoms with van der Waals surface area (Å²) in [6, 6.07) is 9.75. The summed E-state index contributed by atoms with van der Waals surface area (Å²) in [6.45, 7) is 9.30. The minimum absolute atomic E-state index is 0.216. The Bertz CT molecular complexity index is 1470. The van der Waals surface area contributed by atoms with Gasteiger partial charge in [0.1, 0.15) is 17.7 Å². The van der Waals surface area contributed by atoms with Crippen LogP contribution in [0.3, 0.4) is 0 Å². The Hall–Kier alpha value is -4.06. The van der Waals surface area contributed by atoms with E-state index in [1.54, 1.807) is 31.0 Å². The number of carbonyl (C=O) groups is 1. The third kappa shape index (κ3) is 5.43. The topological polar surface area (TPSA) is 78.7 Å². The Morgan fingerprint density at radius 1 is 1.00 bits per heavy atom. The van der Waals surface area contributed by atoms with E-state index in [1.165, 1.54) is 11.1 Å². The smallest absolute Gasteiger partial charge is 0.257 e. The largest absolute Gasteiger partial charge is 0.322 e. The average molecular weight is 480 g/mol. The molecule has 1 fully saturated rings. The van der Waals surface area contributed by atoms with Crippen LogP contribution in [0.25, 0.3) is 5.65 Å². The van der Waals surface area contributed by atoms with Crippen LogP contribution in [-0.4, -0.2) is 68.3 Å². The molecule has 4 aromatic rings. The van der Waals surface area contributed by atoms with Crippen molar-refractivity contribution in [2.75, 3.05) is 38.5 Å². The fraction of sp³-hybridized carbons (Fsp3) is 0.286. The van der Waals surface area contributed by atoms with Crippen LogP contribution in [0.5, 0.6) is 0 Å². The van der Waals surface area contributed by atoms with Crippen molar-refractivity contribution in [3.8, 4) is 11.8 Å². The Kier molecular flexibility index (Phi) is 6.76. The molecule has 1 saturated heterocycles. The first-order valence-corrected chi connectivity index (χ1v) is 12.0. The molecular formula is C28H29N7O. The van der Waals surface area contributed by atoms with Crippen LogP contribution in [0.2, 0.25) is 0 Å². The Labute approximate surface area is 211 Å². The summed E-state index contributed by atoms with van der Waals surface area (Å²) in [5.74, 6) is 5.97. The fourth-order valence-corrected chi connectivity index (χ4v) is 4.24. The van der Waals surface area contributed by atoms with Gasteiger partial charge in [-0.25, -0.2) is 9.97 Å². The first-order chi connectivity index (χ1) is 17.4. The maximum absolute atomic E-state index is 12.9. The van der Waals surface area contributed by atoms with E-state index < -0.39 is 0 Å². The molecule has 8 nitrogen and oxygen atoms in total. The van der Waals surface area contributed by atoms with Gasteiger partial charge in [0.05, 0.1) is 11.8 Å². The van der Waals surface area contributed by atoms with Gasteiger partial charge in [-0.1, -0.05) is 12.0 Å². The summed E-state index contributed by atoms with van der Waals surface area (Å²) < 4.78 is 1.83. The molecule has 1 N–H and O–H groups in total. The van der Waals surface area contributed by atoms with Crippen LogP contribution in [0.4, 0.5) is 5.69 Å². The number of nitrogens with one attached hydrogen (secondary N) is 1. The normalized spacial score (nSPS) is 14.4. The fourth-order valence-electron chi connectivity index (χ4n) is 4.24. The predicted molar refractivity (Wildman–Crippen MR) is 140 cm³/mol. The lowest BCUT2D eigenvalue weighted by Gasteiger charge is -2.32. The summed E-state index contributed by atoms with van der Waals surface area (Å²) in [7, 11) is 2.16. The number of aromatic nitrogens is 4. The summed E-state index contributed by atoms with van der Waals surface area (Å²) in [6.07, 6.45) is 6.62. The van der Waals surface area contributed by atoms with Crippen LogP contribution in [0, 0.1) is 25.7 Å². The number of likely N-dealkylation sites (N-methyl/N-ethyl adjacent to an activating group) is 1. The maximum Gasteiger partial charge on any atom is 0.257 e. The molecule has 0 saturated carbocycles. The van der Waals surface area contributed by atoms with Gasteiger partial charge in [-0.15, -0.1) is 0 Å². The molecule has 3 aromatic heterocycles. The van der Waals surface area contributed by atoms with Crippen molar-refractivity contribution in [3.05, 3.63) is 88.9 Å². The third-order valence-electron chi connectivity index (χ3n) is 6.47.